The lowest BCUT2D eigenvalue weighted by molar-refractivity contribution is -0.274. The van der Waals surface area contributed by atoms with Gasteiger partial charge in [0.15, 0.2) is 0 Å². The van der Waals surface area contributed by atoms with E-state index >= 15 is 0 Å². The van der Waals surface area contributed by atoms with Crippen LogP contribution in [0.2, 0.25) is 0 Å². The van der Waals surface area contributed by atoms with E-state index in [-0.39, 0.29) is 16.8 Å². The van der Waals surface area contributed by atoms with Crippen LogP contribution >= 0.6 is 11.5 Å². The van der Waals surface area contributed by atoms with Crippen molar-refractivity contribution in [1.82, 2.24) is 3.96 Å². The van der Waals surface area contributed by atoms with Gasteiger partial charge in [-0.25, -0.2) is 0 Å². The van der Waals surface area contributed by atoms with Crippen molar-refractivity contribution in [2.24, 2.45) is 0 Å². The zero-order valence-corrected chi connectivity index (χ0v) is 17.7. The van der Waals surface area contributed by atoms with Crippen LogP contribution in [0, 0.1) is 0 Å². The van der Waals surface area contributed by atoms with Crippen LogP contribution in [0.3, 0.4) is 0 Å². The molecule has 0 atom stereocenters. The molecule has 8 heteroatoms. The van der Waals surface area contributed by atoms with Gasteiger partial charge in [0.05, 0.1) is 10.4 Å². The third kappa shape index (κ3) is 5.44. The number of rotatable bonds is 6. The number of ether oxygens (including phenoxy) is 1. The molecular weight excluding hydrogens is 413 g/mol. The number of hydrogen-bond acceptors (Lipinski definition) is 4. The van der Waals surface area contributed by atoms with Gasteiger partial charge in [-0.05, 0) is 50.5 Å². The monoisotopic (exact) mass is 436 g/mol. The van der Waals surface area contributed by atoms with Crippen molar-refractivity contribution in [2.45, 2.75) is 39.1 Å². The number of anilines is 1. The number of hydrogen-bond donors (Lipinski definition) is 1. The Morgan fingerprint density at radius 2 is 1.63 bits per heavy atom. The fourth-order valence-corrected chi connectivity index (χ4v) is 4.07. The van der Waals surface area contributed by atoms with E-state index in [4.69, 9.17) is 0 Å². The molecule has 1 heterocycles. The van der Waals surface area contributed by atoms with Crippen LogP contribution in [0.25, 0.3) is 10.4 Å². The third-order valence-corrected chi connectivity index (χ3v) is 5.84. The highest BCUT2D eigenvalue weighted by molar-refractivity contribution is 7.11. The van der Waals surface area contributed by atoms with Crippen molar-refractivity contribution in [1.29, 1.82) is 0 Å². The van der Waals surface area contributed by atoms with Crippen LogP contribution in [0.4, 0.5) is 18.9 Å². The quantitative estimate of drug-likeness (QED) is 0.524. The van der Waals surface area contributed by atoms with E-state index in [1.165, 1.54) is 23.7 Å². The minimum Gasteiger partial charge on any atom is -0.406 e. The number of benzene rings is 2. The fraction of sp³-hybridized carbons (Fsp3) is 0.318. The van der Waals surface area contributed by atoms with Gasteiger partial charge in [0, 0.05) is 6.54 Å². The Morgan fingerprint density at radius 3 is 2.20 bits per heavy atom. The third-order valence-electron chi connectivity index (χ3n) is 4.33. The Kier molecular flexibility index (Phi) is 6.26. The molecule has 0 saturated carbocycles. The summed E-state index contributed by atoms with van der Waals surface area (Å²) < 4.78 is 42.5. The maximum atomic E-state index is 13.0. The first kappa shape index (κ1) is 22.0. The lowest BCUT2D eigenvalue weighted by Crippen LogP contribution is -2.30. The summed E-state index contributed by atoms with van der Waals surface area (Å²) in [5.74, 6) is -0.253. The number of alkyl halides is 3. The van der Waals surface area contributed by atoms with Crippen LogP contribution in [0.5, 0.6) is 5.75 Å². The number of nitrogens with zero attached hydrogens (tertiary/aromatic N) is 1. The summed E-state index contributed by atoms with van der Waals surface area (Å²) in [5, 5.41) is 3.24. The molecule has 3 rings (SSSR count). The minimum atomic E-state index is -4.71. The maximum absolute atomic E-state index is 13.0. The van der Waals surface area contributed by atoms with E-state index in [0.29, 0.717) is 18.7 Å². The molecule has 0 bridgehead atoms. The molecule has 0 aliphatic heterocycles. The highest BCUT2D eigenvalue weighted by Crippen LogP contribution is 2.33. The summed E-state index contributed by atoms with van der Waals surface area (Å²) in [6, 6.07) is 15.4. The summed E-state index contributed by atoms with van der Waals surface area (Å²) in [7, 11) is 0. The molecular formula is C22H23F3N2O2S. The topological polar surface area (TPSA) is 43.3 Å². The smallest absolute Gasteiger partial charge is 0.406 e. The van der Waals surface area contributed by atoms with Gasteiger partial charge in [-0.3, -0.25) is 8.75 Å². The molecule has 30 heavy (non-hydrogen) atoms. The summed E-state index contributed by atoms with van der Waals surface area (Å²) in [6.07, 6.45) is -4.16. The Bertz CT molecular complexity index is 1030. The Hall–Kier alpha value is -2.74. The van der Waals surface area contributed by atoms with E-state index in [1.807, 2.05) is 51.1 Å². The zero-order chi connectivity index (χ0) is 21.9. The number of aromatic nitrogens is 1. The second-order valence-electron chi connectivity index (χ2n) is 7.80. The lowest BCUT2D eigenvalue weighted by Gasteiger charge is -2.18. The van der Waals surface area contributed by atoms with Gasteiger partial charge in [0.2, 0.25) is 0 Å². The van der Waals surface area contributed by atoms with Crippen LogP contribution in [0.15, 0.2) is 59.4 Å². The molecule has 0 aliphatic carbocycles. The number of nitrogens with one attached hydrogen (secondary N) is 1. The molecule has 0 fully saturated rings. The van der Waals surface area contributed by atoms with E-state index in [0.717, 1.165) is 16.0 Å². The first-order valence-electron chi connectivity index (χ1n) is 9.45. The minimum absolute atomic E-state index is 0.0831. The molecule has 0 spiro atoms. The summed E-state index contributed by atoms with van der Waals surface area (Å²) in [6.45, 7) is 6.41. The first-order chi connectivity index (χ1) is 14.0. The zero-order valence-electron chi connectivity index (χ0n) is 16.9. The van der Waals surface area contributed by atoms with Gasteiger partial charge < -0.3 is 10.1 Å². The van der Waals surface area contributed by atoms with E-state index in [9.17, 15) is 18.0 Å². The predicted octanol–water partition coefficient (Wildman–Crippen LogP) is 5.89. The number of halogens is 3. The van der Waals surface area contributed by atoms with Crippen molar-refractivity contribution in [3.8, 4) is 16.2 Å². The Balaban J connectivity index is 1.76. The highest BCUT2D eigenvalue weighted by Gasteiger charge is 2.31. The van der Waals surface area contributed by atoms with Crippen molar-refractivity contribution >= 4 is 17.2 Å². The van der Waals surface area contributed by atoms with Crippen molar-refractivity contribution in [3.05, 3.63) is 70.5 Å². The molecule has 0 saturated heterocycles. The van der Waals surface area contributed by atoms with Crippen LogP contribution in [0.1, 0.15) is 26.3 Å². The molecule has 160 valence electrons. The van der Waals surface area contributed by atoms with Gasteiger partial charge in [0.1, 0.15) is 11.4 Å². The van der Waals surface area contributed by atoms with Gasteiger partial charge >= 0.3 is 6.36 Å². The average Bonchev–Trinajstić information content (AvgIpc) is 3.00. The normalized spacial score (nSPS) is 12.1. The molecule has 2 aromatic carbocycles. The van der Waals surface area contributed by atoms with E-state index in [1.54, 1.807) is 16.1 Å². The molecule has 0 unspecified atom stereocenters. The van der Waals surface area contributed by atoms with E-state index < -0.39 is 6.36 Å². The maximum Gasteiger partial charge on any atom is 0.573 e. The lowest BCUT2D eigenvalue weighted by atomic mass is 10.1. The molecule has 4 nitrogen and oxygen atoms in total. The predicted molar refractivity (Wildman–Crippen MR) is 114 cm³/mol. The first-order valence-corrected chi connectivity index (χ1v) is 10.2. The SMILES string of the molecule is CC(C)(C)n1sc(-c2ccccc2)c(NCCc2ccc(OC(F)(F)F)cc2)c1=O. The largest absolute Gasteiger partial charge is 0.573 e. The second-order valence-corrected chi connectivity index (χ2v) is 8.76. The van der Waals surface area contributed by atoms with Crippen LogP contribution in [-0.2, 0) is 12.0 Å². The summed E-state index contributed by atoms with van der Waals surface area (Å²) >= 11 is 1.42. The van der Waals surface area contributed by atoms with E-state index in [2.05, 4.69) is 10.1 Å². The van der Waals surface area contributed by atoms with Crippen molar-refractivity contribution in [2.75, 3.05) is 11.9 Å². The van der Waals surface area contributed by atoms with Crippen LogP contribution in [-0.4, -0.2) is 16.9 Å². The van der Waals surface area contributed by atoms with Crippen molar-refractivity contribution in [3.63, 3.8) is 0 Å². The Morgan fingerprint density at radius 1 is 1.00 bits per heavy atom. The molecule has 1 N–H and O–H groups in total. The van der Waals surface area contributed by atoms with Gasteiger partial charge in [0.25, 0.3) is 5.56 Å². The molecule has 1 aromatic heterocycles. The average molecular weight is 436 g/mol. The highest BCUT2D eigenvalue weighted by atomic mass is 32.1. The molecule has 0 amide bonds. The second kappa shape index (κ2) is 8.55. The standard InChI is InChI=1S/C22H23F3N2O2S/c1-21(2,3)27-20(28)18(19(30-27)16-7-5-4-6-8-16)26-14-13-15-9-11-17(12-10-15)29-22(23,24)25/h4-12,26H,13-14H2,1-3H3. The van der Waals surface area contributed by atoms with Gasteiger partial charge in [-0.2, -0.15) is 0 Å². The van der Waals surface area contributed by atoms with Gasteiger partial charge in [-0.1, -0.05) is 54.0 Å². The molecule has 0 radical (unpaired) electrons. The van der Waals surface area contributed by atoms with Crippen molar-refractivity contribution < 1.29 is 17.9 Å². The fourth-order valence-electron chi connectivity index (χ4n) is 2.95. The van der Waals surface area contributed by atoms with Crippen LogP contribution < -0.4 is 15.6 Å². The molecule has 3 aromatic rings. The Labute approximate surface area is 177 Å². The summed E-state index contributed by atoms with van der Waals surface area (Å²) in [4.78, 5) is 13.9. The summed E-state index contributed by atoms with van der Waals surface area (Å²) in [5.41, 5.74) is 1.90. The van der Waals surface area contributed by atoms with Gasteiger partial charge in [-0.15, -0.1) is 13.2 Å². The molecule has 0 aliphatic rings.